The molecule has 0 atom stereocenters. The van der Waals surface area contributed by atoms with Gasteiger partial charge in [-0.2, -0.15) is 5.26 Å². The lowest BCUT2D eigenvalue weighted by molar-refractivity contribution is -0.125. The van der Waals surface area contributed by atoms with Crippen LogP contribution < -0.4 is 10.6 Å². The van der Waals surface area contributed by atoms with Crippen LogP contribution in [0.5, 0.6) is 0 Å². The fraction of sp³-hybridized carbons (Fsp3) is 0.250. The summed E-state index contributed by atoms with van der Waals surface area (Å²) >= 11 is 0. The number of amides is 2. The SMILES string of the molecule is N#Cc1ccccc1NC(=O)C1CCC(C(=O)Nc2cccc3cccnc23)CC1. The number of nitrogens with one attached hydrogen (secondary N) is 2. The zero-order chi connectivity index (χ0) is 20.9. The zero-order valence-electron chi connectivity index (χ0n) is 16.5. The van der Waals surface area contributed by atoms with Gasteiger partial charge in [-0.1, -0.05) is 30.3 Å². The molecule has 2 N–H and O–H groups in total. The van der Waals surface area contributed by atoms with E-state index in [1.807, 2.05) is 30.3 Å². The van der Waals surface area contributed by atoms with Gasteiger partial charge < -0.3 is 10.6 Å². The van der Waals surface area contributed by atoms with Gasteiger partial charge in [0.25, 0.3) is 0 Å². The Balaban J connectivity index is 1.35. The van der Waals surface area contributed by atoms with Crippen LogP contribution in [0.1, 0.15) is 31.2 Å². The molecule has 0 spiro atoms. The highest BCUT2D eigenvalue weighted by Crippen LogP contribution is 2.31. The first-order valence-corrected chi connectivity index (χ1v) is 10.1. The first-order chi connectivity index (χ1) is 14.7. The van der Waals surface area contributed by atoms with Crippen LogP contribution in [0.4, 0.5) is 11.4 Å². The standard InChI is InChI=1S/C24H22N4O2/c25-15-19-5-1-2-8-20(19)27-23(29)17-10-12-18(13-11-17)24(30)28-21-9-3-6-16-7-4-14-26-22(16)21/h1-9,14,17-18H,10-13H2,(H,27,29)(H,28,30). The Bertz CT molecular complexity index is 1120. The number of fused-ring (bicyclic) bond motifs is 1. The molecule has 0 bridgehead atoms. The third-order valence-corrected chi connectivity index (χ3v) is 5.66. The second-order valence-electron chi connectivity index (χ2n) is 7.57. The Morgan fingerprint density at radius 1 is 0.833 bits per heavy atom. The van der Waals surface area contributed by atoms with Crippen molar-refractivity contribution >= 4 is 34.1 Å². The average Bonchev–Trinajstić information content (AvgIpc) is 2.79. The van der Waals surface area contributed by atoms with Crippen LogP contribution in [0.15, 0.2) is 60.8 Å². The maximum atomic E-state index is 12.8. The second kappa shape index (κ2) is 8.75. The number of nitrogens with zero attached hydrogens (tertiary/aromatic N) is 2. The summed E-state index contributed by atoms with van der Waals surface area (Å²) in [5.41, 5.74) is 2.47. The summed E-state index contributed by atoms with van der Waals surface area (Å²) in [7, 11) is 0. The molecule has 0 saturated heterocycles. The minimum absolute atomic E-state index is 0.0261. The van der Waals surface area contributed by atoms with E-state index in [0.29, 0.717) is 42.6 Å². The molecule has 2 amide bonds. The average molecular weight is 398 g/mol. The van der Waals surface area contributed by atoms with Crippen molar-refractivity contribution in [1.29, 1.82) is 5.26 Å². The molecule has 3 aromatic rings. The van der Waals surface area contributed by atoms with E-state index in [-0.39, 0.29) is 23.7 Å². The van der Waals surface area contributed by atoms with Gasteiger partial charge in [0.2, 0.25) is 11.8 Å². The number of carbonyl (C=O) groups is 2. The number of hydrogen-bond donors (Lipinski definition) is 2. The topological polar surface area (TPSA) is 94.9 Å². The Kier molecular flexibility index (Phi) is 5.71. The lowest BCUT2D eigenvalue weighted by atomic mass is 9.81. The van der Waals surface area contributed by atoms with E-state index in [4.69, 9.17) is 0 Å². The summed E-state index contributed by atoms with van der Waals surface area (Å²) in [6.45, 7) is 0. The minimum atomic E-state index is -0.153. The van der Waals surface area contributed by atoms with Crippen molar-refractivity contribution < 1.29 is 9.59 Å². The molecule has 1 aliphatic carbocycles. The molecule has 1 saturated carbocycles. The second-order valence-corrected chi connectivity index (χ2v) is 7.57. The van der Waals surface area contributed by atoms with Gasteiger partial charge in [-0.15, -0.1) is 0 Å². The molecule has 6 heteroatoms. The van der Waals surface area contributed by atoms with Gasteiger partial charge >= 0.3 is 0 Å². The van der Waals surface area contributed by atoms with Gasteiger partial charge in [-0.05, 0) is 49.9 Å². The fourth-order valence-electron chi connectivity index (χ4n) is 3.98. The van der Waals surface area contributed by atoms with Crippen molar-refractivity contribution in [3.05, 3.63) is 66.4 Å². The number of para-hydroxylation sites is 2. The van der Waals surface area contributed by atoms with E-state index in [1.165, 1.54) is 0 Å². The number of benzene rings is 2. The van der Waals surface area contributed by atoms with Crippen molar-refractivity contribution in [2.24, 2.45) is 11.8 Å². The van der Waals surface area contributed by atoms with E-state index < -0.39 is 0 Å². The maximum Gasteiger partial charge on any atom is 0.227 e. The molecular formula is C24H22N4O2. The molecule has 0 unspecified atom stereocenters. The van der Waals surface area contributed by atoms with Crippen LogP contribution in [0.25, 0.3) is 10.9 Å². The normalized spacial score (nSPS) is 18.4. The van der Waals surface area contributed by atoms with Gasteiger partial charge in [0, 0.05) is 23.4 Å². The summed E-state index contributed by atoms with van der Waals surface area (Å²) < 4.78 is 0. The molecule has 2 aromatic carbocycles. The number of aromatic nitrogens is 1. The summed E-state index contributed by atoms with van der Waals surface area (Å²) in [6.07, 6.45) is 4.31. The highest BCUT2D eigenvalue weighted by molar-refractivity contribution is 6.01. The Hall–Kier alpha value is -3.72. The fourth-order valence-corrected chi connectivity index (χ4v) is 3.98. The summed E-state index contributed by atoms with van der Waals surface area (Å²) in [4.78, 5) is 29.8. The van der Waals surface area contributed by atoms with Gasteiger partial charge in [0.1, 0.15) is 6.07 Å². The zero-order valence-corrected chi connectivity index (χ0v) is 16.5. The third kappa shape index (κ3) is 4.15. The van der Waals surface area contributed by atoms with Crippen LogP contribution >= 0.6 is 0 Å². The molecule has 0 radical (unpaired) electrons. The van der Waals surface area contributed by atoms with Gasteiger partial charge in [-0.3, -0.25) is 14.6 Å². The lowest BCUT2D eigenvalue weighted by Gasteiger charge is -2.27. The van der Waals surface area contributed by atoms with Crippen LogP contribution in [-0.2, 0) is 9.59 Å². The number of nitriles is 1. The minimum Gasteiger partial charge on any atom is -0.325 e. The van der Waals surface area contributed by atoms with Crippen molar-refractivity contribution in [2.45, 2.75) is 25.7 Å². The molecule has 150 valence electrons. The molecule has 30 heavy (non-hydrogen) atoms. The van der Waals surface area contributed by atoms with Crippen molar-refractivity contribution in [3.8, 4) is 6.07 Å². The summed E-state index contributed by atoms with van der Waals surface area (Å²) in [6, 6.07) is 18.6. The predicted molar refractivity (Wildman–Crippen MR) is 116 cm³/mol. The van der Waals surface area contributed by atoms with Crippen LogP contribution in [0.3, 0.4) is 0 Å². The van der Waals surface area contributed by atoms with Gasteiger partial charge in [0.05, 0.1) is 22.5 Å². The van der Waals surface area contributed by atoms with E-state index in [2.05, 4.69) is 21.7 Å². The number of hydrogen-bond acceptors (Lipinski definition) is 4. The third-order valence-electron chi connectivity index (χ3n) is 5.66. The van der Waals surface area contributed by atoms with Crippen LogP contribution in [0.2, 0.25) is 0 Å². The first kappa shape index (κ1) is 19.6. The first-order valence-electron chi connectivity index (χ1n) is 10.1. The molecular weight excluding hydrogens is 376 g/mol. The van der Waals surface area contributed by atoms with E-state index in [9.17, 15) is 14.9 Å². The Labute approximate surface area is 174 Å². The van der Waals surface area contributed by atoms with Crippen molar-refractivity contribution in [2.75, 3.05) is 10.6 Å². The lowest BCUT2D eigenvalue weighted by Crippen LogP contribution is -2.32. The smallest absolute Gasteiger partial charge is 0.227 e. The highest BCUT2D eigenvalue weighted by Gasteiger charge is 2.30. The molecule has 1 heterocycles. The summed E-state index contributed by atoms with van der Waals surface area (Å²) in [5, 5.41) is 16.0. The number of pyridine rings is 1. The number of carbonyl (C=O) groups excluding carboxylic acids is 2. The van der Waals surface area contributed by atoms with Crippen molar-refractivity contribution in [3.63, 3.8) is 0 Å². The van der Waals surface area contributed by atoms with E-state index in [0.717, 1.165) is 10.9 Å². The van der Waals surface area contributed by atoms with E-state index >= 15 is 0 Å². The molecule has 1 fully saturated rings. The van der Waals surface area contributed by atoms with Crippen LogP contribution in [0, 0.1) is 23.2 Å². The van der Waals surface area contributed by atoms with Gasteiger partial charge in [-0.25, -0.2) is 0 Å². The van der Waals surface area contributed by atoms with Crippen LogP contribution in [-0.4, -0.2) is 16.8 Å². The molecule has 1 aromatic heterocycles. The summed E-state index contributed by atoms with van der Waals surface area (Å²) in [5.74, 6) is -0.393. The Morgan fingerprint density at radius 3 is 2.13 bits per heavy atom. The highest BCUT2D eigenvalue weighted by atomic mass is 16.2. The van der Waals surface area contributed by atoms with Crippen molar-refractivity contribution in [1.82, 2.24) is 4.98 Å². The Morgan fingerprint density at radius 2 is 1.43 bits per heavy atom. The molecule has 6 nitrogen and oxygen atoms in total. The number of rotatable bonds is 4. The largest absolute Gasteiger partial charge is 0.325 e. The maximum absolute atomic E-state index is 12.8. The monoisotopic (exact) mass is 398 g/mol. The molecule has 4 rings (SSSR count). The molecule has 0 aliphatic heterocycles. The van der Waals surface area contributed by atoms with E-state index in [1.54, 1.807) is 30.5 Å². The quantitative estimate of drug-likeness (QED) is 0.677. The molecule has 1 aliphatic rings. The predicted octanol–water partition coefficient (Wildman–Crippen LogP) is 4.49. The van der Waals surface area contributed by atoms with Gasteiger partial charge in [0.15, 0.2) is 0 Å². The number of anilines is 2.